The van der Waals surface area contributed by atoms with Crippen molar-refractivity contribution < 1.29 is 19.3 Å². The number of rotatable bonds is 8. The van der Waals surface area contributed by atoms with Gasteiger partial charge in [0.1, 0.15) is 0 Å². The molecule has 10 heteroatoms. The summed E-state index contributed by atoms with van der Waals surface area (Å²) in [5.41, 5.74) is 6.43. The number of unbranched alkanes of at least 4 members (excludes halogenated alkanes) is 1. The zero-order chi connectivity index (χ0) is 33.6. The van der Waals surface area contributed by atoms with E-state index in [1.165, 1.54) is 19.3 Å². The fraction of sp³-hybridized carbons (Fsp3) is 0.200. The molecule has 50 heavy (non-hydrogen) atoms. The van der Waals surface area contributed by atoms with E-state index in [4.69, 9.17) is 33.7 Å². The molecule has 2 aliphatic heterocycles. The van der Waals surface area contributed by atoms with E-state index in [1.807, 2.05) is 60.7 Å². The van der Waals surface area contributed by atoms with Crippen LogP contribution in [-0.2, 0) is 19.3 Å². The maximum atomic E-state index is 6.47. The summed E-state index contributed by atoms with van der Waals surface area (Å²) in [6.07, 6.45) is 4.74. The molecule has 8 bridgehead atoms. The van der Waals surface area contributed by atoms with Crippen molar-refractivity contribution in [2.45, 2.75) is 39.5 Å². The van der Waals surface area contributed by atoms with Gasteiger partial charge in [0.2, 0.25) is 0 Å². The summed E-state index contributed by atoms with van der Waals surface area (Å²) >= 11 is -0.229. The molecule has 1 unspecified atom stereocenters. The molecule has 0 amide bonds. The van der Waals surface area contributed by atoms with Crippen LogP contribution in [0.3, 0.4) is 0 Å². The molecule has 2 N–H and O–H groups in total. The van der Waals surface area contributed by atoms with Gasteiger partial charge in [-0.05, 0) is 0 Å². The van der Waals surface area contributed by atoms with Gasteiger partial charge >= 0.3 is 290 Å². The molecule has 2 aliphatic rings. The van der Waals surface area contributed by atoms with E-state index in [0.717, 1.165) is 61.3 Å². The van der Waals surface area contributed by atoms with Crippen molar-refractivity contribution in [2.24, 2.45) is 5.92 Å². The second-order valence-electron chi connectivity index (χ2n) is 12.7. The van der Waals surface area contributed by atoms with Crippen LogP contribution in [0.4, 0.5) is 0 Å². The minimum absolute atomic E-state index is 0.229. The molecule has 0 spiro atoms. The second kappa shape index (κ2) is 12.9. The van der Waals surface area contributed by atoms with Gasteiger partial charge in [0.25, 0.3) is 0 Å². The molecule has 3 aromatic heterocycles. The van der Waals surface area contributed by atoms with Crippen LogP contribution in [0.1, 0.15) is 39.5 Å². The number of fused-ring (bicyclic) bond motifs is 20. The van der Waals surface area contributed by atoms with Crippen molar-refractivity contribution >= 4 is 48.6 Å². The Morgan fingerprint density at radius 2 is 1.04 bits per heavy atom. The van der Waals surface area contributed by atoms with Gasteiger partial charge in [0, 0.05) is 0 Å². The van der Waals surface area contributed by atoms with Gasteiger partial charge < -0.3 is 0 Å². The fourth-order valence-electron chi connectivity index (χ4n) is 6.82. The number of hydrogen-bond acceptors (Lipinski definition) is 7. The van der Waals surface area contributed by atoms with Crippen molar-refractivity contribution in [2.75, 3.05) is 6.61 Å². The number of H-pyrrole nitrogens is 2. The third kappa shape index (κ3) is 5.37. The Hall–Kier alpha value is -5.27. The second-order valence-corrected chi connectivity index (χ2v) is 14.0. The predicted molar refractivity (Wildman–Crippen MR) is 195 cm³/mol. The minimum atomic E-state index is -0.229. The third-order valence-electron chi connectivity index (χ3n) is 9.54. The van der Waals surface area contributed by atoms with Crippen LogP contribution in [-0.4, -0.2) is 46.5 Å². The number of benzene rings is 4. The molecule has 0 aliphatic carbocycles. The summed E-state index contributed by atoms with van der Waals surface area (Å²) < 4.78 is 7.57. The molecule has 0 radical (unpaired) electrons. The van der Waals surface area contributed by atoms with Crippen molar-refractivity contribution in [3.8, 4) is 45.6 Å². The summed E-state index contributed by atoms with van der Waals surface area (Å²) in [5.74, 6) is 2.93. The van der Waals surface area contributed by atoms with Crippen LogP contribution in [0.15, 0.2) is 91.0 Å². The van der Waals surface area contributed by atoms with Crippen LogP contribution >= 0.6 is 0 Å². The van der Waals surface area contributed by atoms with E-state index in [9.17, 15) is 0 Å². The molecule has 0 saturated carbocycles. The van der Waals surface area contributed by atoms with Gasteiger partial charge in [-0.2, -0.15) is 0 Å². The van der Waals surface area contributed by atoms with Crippen molar-refractivity contribution in [3.63, 3.8) is 0 Å². The average Bonchev–Trinajstić information content (AvgIpc) is 3.89. The van der Waals surface area contributed by atoms with Gasteiger partial charge in [-0.1, -0.05) is 6.07 Å². The van der Waals surface area contributed by atoms with Gasteiger partial charge in [0.15, 0.2) is 0 Å². The van der Waals surface area contributed by atoms with E-state index >= 15 is 0 Å². The first-order chi connectivity index (χ1) is 24.7. The Bertz CT molecular complexity index is 2590. The SMILES string of the molecule is CCCCC(CC)C[O][Cr][c]1cccc2c3nc4nc(nc5[nH]c(nc6nc(nc([nH]3)c12)-c1ccccc1-6)c1ccccc51)-c1ccccc1-4. The Balaban J connectivity index is 1.33. The zero-order valence-corrected chi connectivity index (χ0v) is 29.0. The molecule has 1 atom stereocenters. The van der Waals surface area contributed by atoms with E-state index < -0.39 is 0 Å². The van der Waals surface area contributed by atoms with Crippen LogP contribution in [0.5, 0.6) is 0 Å². The van der Waals surface area contributed by atoms with Crippen LogP contribution in [0, 0.1) is 5.92 Å². The molecular formula is C40H34CrN8O. The standard InChI is InChI=1S/C32H17N8.C8H17O.Cr/c1-2-10-18-17(9-1)25-33-26(18)38-28-21-13-5-6-14-22(21)30(35-28)40-32-24-16-8-7-15-23(24)31(36-32)39-29-20-12-4-3-11-19(20)27(34-29)37-25;1-3-5-6-8(4-2)7-9;/h1-15H,(H2,33,34,35,36,37,38,39,40);8H,3-7H2,1-2H3;/q;-1;+1. The predicted octanol–water partition coefficient (Wildman–Crippen LogP) is 8.73. The summed E-state index contributed by atoms with van der Waals surface area (Å²) in [4.78, 5) is 37.7. The quantitative estimate of drug-likeness (QED) is 0.163. The molecule has 246 valence electrons. The summed E-state index contributed by atoms with van der Waals surface area (Å²) in [7, 11) is 0. The van der Waals surface area contributed by atoms with Crippen molar-refractivity contribution in [3.05, 3.63) is 91.0 Å². The number of nitrogens with one attached hydrogen (secondary N) is 2. The average molecular weight is 695 g/mol. The third-order valence-corrected chi connectivity index (χ3v) is 10.7. The topological polar surface area (TPSA) is 118 Å². The number of nitrogens with zero attached hydrogens (tertiary/aromatic N) is 6. The maximum absolute atomic E-state index is 6.47. The van der Waals surface area contributed by atoms with Crippen molar-refractivity contribution in [1.29, 1.82) is 0 Å². The van der Waals surface area contributed by atoms with Gasteiger partial charge in [-0.3, -0.25) is 0 Å². The first kappa shape index (κ1) is 30.8. The number of aromatic nitrogens is 8. The first-order valence-electron chi connectivity index (χ1n) is 17.2. The molecule has 5 heterocycles. The Kier molecular flexibility index (Phi) is 7.93. The van der Waals surface area contributed by atoms with Crippen LogP contribution in [0.2, 0.25) is 0 Å². The molecular weight excluding hydrogens is 660 g/mol. The Morgan fingerprint density at radius 1 is 0.560 bits per heavy atom. The van der Waals surface area contributed by atoms with E-state index in [-0.39, 0.29) is 15.6 Å². The first-order valence-corrected chi connectivity index (χ1v) is 18.4. The molecule has 9 rings (SSSR count). The molecule has 0 saturated heterocycles. The van der Waals surface area contributed by atoms with E-state index in [1.54, 1.807) is 0 Å². The van der Waals surface area contributed by atoms with E-state index in [0.29, 0.717) is 51.8 Å². The van der Waals surface area contributed by atoms with E-state index in [2.05, 4.69) is 54.1 Å². The monoisotopic (exact) mass is 694 g/mol. The normalized spacial score (nSPS) is 12.7. The zero-order valence-electron chi connectivity index (χ0n) is 27.8. The van der Waals surface area contributed by atoms with Crippen molar-refractivity contribution in [1.82, 2.24) is 39.9 Å². The van der Waals surface area contributed by atoms with Gasteiger partial charge in [-0.15, -0.1) is 0 Å². The fourth-order valence-corrected chi connectivity index (χ4v) is 8.09. The summed E-state index contributed by atoms with van der Waals surface area (Å²) in [5, 5.41) is 3.85. The van der Waals surface area contributed by atoms with Gasteiger partial charge in [0.05, 0.1) is 0 Å². The summed E-state index contributed by atoms with van der Waals surface area (Å²) in [6.45, 7) is 5.25. The Labute approximate surface area is 295 Å². The number of hydrogen-bond donors (Lipinski definition) is 2. The molecule has 9 nitrogen and oxygen atoms in total. The molecule has 4 aromatic carbocycles. The summed E-state index contributed by atoms with van der Waals surface area (Å²) in [6, 6.07) is 30.7. The van der Waals surface area contributed by atoms with Crippen LogP contribution in [0.25, 0.3) is 89.7 Å². The molecule has 7 aromatic rings. The molecule has 0 fully saturated rings. The number of aromatic amines is 2. The Morgan fingerprint density at radius 3 is 1.58 bits per heavy atom. The van der Waals surface area contributed by atoms with Crippen LogP contribution < -0.4 is 4.43 Å². The van der Waals surface area contributed by atoms with Gasteiger partial charge in [-0.25, -0.2) is 0 Å².